The molecule has 0 aromatic heterocycles. The second-order valence-corrected chi connectivity index (χ2v) is 9.41. The summed E-state index contributed by atoms with van der Waals surface area (Å²) in [4.78, 5) is 12.3. The maximum atomic E-state index is 12.3. The van der Waals surface area contributed by atoms with Gasteiger partial charge in [-0.1, -0.05) is 53.5 Å². The molecule has 6 nitrogen and oxygen atoms in total. The first kappa shape index (κ1) is 22.8. The maximum absolute atomic E-state index is 12.3. The Labute approximate surface area is 191 Å². The van der Waals surface area contributed by atoms with Gasteiger partial charge in [-0.2, -0.15) is 5.10 Å². The van der Waals surface area contributed by atoms with E-state index in [1.54, 1.807) is 60.7 Å². The molecule has 3 aromatic carbocycles. The second kappa shape index (κ2) is 9.96. The predicted molar refractivity (Wildman–Crippen MR) is 125 cm³/mol. The maximum Gasteiger partial charge on any atom is 0.271 e. The number of sulfonamides is 1. The van der Waals surface area contributed by atoms with Gasteiger partial charge in [0.05, 0.1) is 24.7 Å². The third-order valence-corrected chi connectivity index (χ3v) is 6.06. The van der Waals surface area contributed by atoms with E-state index in [9.17, 15) is 13.2 Å². The Morgan fingerprint density at radius 1 is 1.03 bits per heavy atom. The molecule has 0 saturated carbocycles. The summed E-state index contributed by atoms with van der Waals surface area (Å²) in [5.74, 6) is -0.429. The lowest BCUT2D eigenvalue weighted by atomic mass is 10.2. The number of carbonyl (C=O) groups excluding carboxylic acids is 1. The molecule has 0 heterocycles. The molecule has 9 heteroatoms. The topological polar surface area (TPSA) is 78.8 Å². The van der Waals surface area contributed by atoms with Crippen LogP contribution in [-0.2, 0) is 16.6 Å². The van der Waals surface area contributed by atoms with Gasteiger partial charge >= 0.3 is 0 Å². The van der Waals surface area contributed by atoms with Gasteiger partial charge in [-0.05, 0) is 53.6 Å². The molecule has 0 atom stereocenters. The fourth-order valence-electron chi connectivity index (χ4n) is 2.78. The summed E-state index contributed by atoms with van der Waals surface area (Å²) >= 11 is 12.1. The highest BCUT2D eigenvalue weighted by molar-refractivity contribution is 7.92. The zero-order valence-electron chi connectivity index (χ0n) is 16.5. The molecule has 0 aliphatic heterocycles. The van der Waals surface area contributed by atoms with Gasteiger partial charge in [0.1, 0.15) is 0 Å². The van der Waals surface area contributed by atoms with E-state index < -0.39 is 15.9 Å². The first-order valence-corrected chi connectivity index (χ1v) is 11.7. The van der Waals surface area contributed by atoms with Crippen molar-refractivity contribution in [2.75, 3.05) is 10.6 Å². The lowest BCUT2D eigenvalue weighted by molar-refractivity contribution is 0.0955. The SMILES string of the molecule is CS(=O)(=O)N(Cc1ccccc1Cl)c1ccc(C(=O)N/N=C\c2cccc(Cl)c2)cc1. The minimum Gasteiger partial charge on any atom is -0.267 e. The smallest absolute Gasteiger partial charge is 0.267 e. The van der Waals surface area contributed by atoms with Crippen molar-refractivity contribution in [3.8, 4) is 0 Å². The van der Waals surface area contributed by atoms with Crippen molar-refractivity contribution in [2.45, 2.75) is 6.54 Å². The highest BCUT2D eigenvalue weighted by Gasteiger charge is 2.19. The molecule has 160 valence electrons. The molecule has 1 N–H and O–H groups in total. The molecule has 3 aromatic rings. The number of hydrogen-bond donors (Lipinski definition) is 1. The largest absolute Gasteiger partial charge is 0.271 e. The Balaban J connectivity index is 1.73. The lowest BCUT2D eigenvalue weighted by Gasteiger charge is -2.23. The van der Waals surface area contributed by atoms with Crippen LogP contribution in [0.5, 0.6) is 0 Å². The van der Waals surface area contributed by atoms with Crippen LogP contribution in [0.3, 0.4) is 0 Å². The highest BCUT2D eigenvalue weighted by atomic mass is 35.5. The molecule has 0 fully saturated rings. The van der Waals surface area contributed by atoms with Crippen LogP contribution in [0.1, 0.15) is 21.5 Å². The number of hydrazone groups is 1. The van der Waals surface area contributed by atoms with Gasteiger partial charge in [-0.3, -0.25) is 9.10 Å². The Kier molecular flexibility index (Phi) is 7.33. The fourth-order valence-corrected chi connectivity index (χ4v) is 4.05. The first-order valence-electron chi connectivity index (χ1n) is 9.14. The van der Waals surface area contributed by atoms with Crippen molar-refractivity contribution in [1.82, 2.24) is 5.43 Å². The number of carbonyl (C=O) groups is 1. The number of benzene rings is 3. The normalized spacial score (nSPS) is 11.5. The van der Waals surface area contributed by atoms with Crippen molar-refractivity contribution in [3.05, 3.63) is 99.5 Å². The summed E-state index contributed by atoms with van der Waals surface area (Å²) in [6, 6.07) is 20.3. The fraction of sp³-hybridized carbons (Fsp3) is 0.0909. The van der Waals surface area contributed by atoms with E-state index in [0.717, 1.165) is 11.8 Å². The summed E-state index contributed by atoms with van der Waals surface area (Å²) < 4.78 is 25.9. The number of halogens is 2. The molecule has 0 bridgehead atoms. The third-order valence-electron chi connectivity index (χ3n) is 4.32. The number of rotatable bonds is 7. The number of anilines is 1. The van der Waals surface area contributed by atoms with Gasteiger partial charge < -0.3 is 0 Å². The van der Waals surface area contributed by atoms with Crippen molar-refractivity contribution < 1.29 is 13.2 Å². The van der Waals surface area contributed by atoms with Gasteiger partial charge in [0.2, 0.25) is 10.0 Å². The first-order chi connectivity index (χ1) is 14.7. The van der Waals surface area contributed by atoms with E-state index in [0.29, 0.717) is 26.9 Å². The zero-order valence-corrected chi connectivity index (χ0v) is 18.8. The Hall–Kier alpha value is -2.87. The standard InChI is InChI=1S/C22H19Cl2N3O3S/c1-31(29,30)27(15-18-6-2-3-8-21(18)24)20-11-9-17(10-12-20)22(28)26-25-14-16-5-4-7-19(23)13-16/h2-14H,15H2,1H3,(H,26,28)/b25-14-. The van der Waals surface area contributed by atoms with Crippen LogP contribution >= 0.6 is 23.2 Å². The molecule has 31 heavy (non-hydrogen) atoms. The molecule has 0 aliphatic rings. The molecular weight excluding hydrogens is 457 g/mol. The van der Waals surface area contributed by atoms with Gasteiger partial charge in [0.25, 0.3) is 5.91 Å². The van der Waals surface area contributed by atoms with Crippen LogP contribution in [0.15, 0.2) is 77.9 Å². The van der Waals surface area contributed by atoms with Crippen molar-refractivity contribution in [3.63, 3.8) is 0 Å². The number of amides is 1. The monoisotopic (exact) mass is 475 g/mol. The van der Waals surface area contributed by atoms with Crippen LogP contribution in [0.2, 0.25) is 10.0 Å². The zero-order chi connectivity index (χ0) is 22.4. The van der Waals surface area contributed by atoms with Crippen LogP contribution < -0.4 is 9.73 Å². The molecular formula is C22H19Cl2N3O3S. The van der Waals surface area contributed by atoms with E-state index in [1.165, 1.54) is 22.7 Å². The third kappa shape index (κ3) is 6.30. The molecule has 0 spiro atoms. The van der Waals surface area contributed by atoms with Crippen LogP contribution in [0.4, 0.5) is 5.69 Å². The molecule has 0 radical (unpaired) electrons. The lowest BCUT2D eigenvalue weighted by Crippen LogP contribution is -2.29. The Morgan fingerprint density at radius 3 is 2.39 bits per heavy atom. The van der Waals surface area contributed by atoms with Gasteiger partial charge in [-0.25, -0.2) is 13.8 Å². The number of nitrogens with one attached hydrogen (secondary N) is 1. The van der Waals surface area contributed by atoms with Crippen LogP contribution in [0, 0.1) is 0 Å². The van der Waals surface area contributed by atoms with Crippen molar-refractivity contribution in [2.24, 2.45) is 5.10 Å². The quantitative estimate of drug-likeness (QED) is 0.396. The summed E-state index contributed by atoms with van der Waals surface area (Å²) in [6.45, 7) is 0.0774. The van der Waals surface area contributed by atoms with Gasteiger partial charge in [-0.15, -0.1) is 0 Å². The van der Waals surface area contributed by atoms with Crippen LogP contribution in [-0.4, -0.2) is 26.8 Å². The molecule has 0 aliphatic carbocycles. The van der Waals surface area contributed by atoms with Gasteiger partial charge in [0.15, 0.2) is 0 Å². The van der Waals surface area contributed by atoms with E-state index in [-0.39, 0.29) is 6.54 Å². The summed E-state index contributed by atoms with van der Waals surface area (Å²) in [7, 11) is -3.57. The average Bonchev–Trinajstić information content (AvgIpc) is 2.72. The average molecular weight is 476 g/mol. The molecule has 0 saturated heterocycles. The highest BCUT2D eigenvalue weighted by Crippen LogP contribution is 2.24. The van der Waals surface area contributed by atoms with Crippen molar-refractivity contribution in [1.29, 1.82) is 0 Å². The molecule has 0 unspecified atom stereocenters. The number of hydrogen-bond acceptors (Lipinski definition) is 4. The number of nitrogens with zero attached hydrogens (tertiary/aromatic N) is 2. The Morgan fingerprint density at radius 2 is 1.74 bits per heavy atom. The van der Waals surface area contributed by atoms with E-state index in [2.05, 4.69) is 10.5 Å². The van der Waals surface area contributed by atoms with Crippen LogP contribution in [0.25, 0.3) is 0 Å². The predicted octanol–water partition coefficient (Wildman–Crippen LogP) is 4.72. The summed E-state index contributed by atoms with van der Waals surface area (Å²) in [5, 5.41) is 4.96. The summed E-state index contributed by atoms with van der Waals surface area (Å²) in [6.07, 6.45) is 2.60. The molecule has 1 amide bonds. The van der Waals surface area contributed by atoms with Crippen molar-refractivity contribution >= 4 is 51.0 Å². The van der Waals surface area contributed by atoms with E-state index in [1.807, 2.05) is 0 Å². The van der Waals surface area contributed by atoms with E-state index >= 15 is 0 Å². The minimum atomic E-state index is -3.57. The van der Waals surface area contributed by atoms with Gasteiger partial charge in [0, 0.05) is 15.6 Å². The van der Waals surface area contributed by atoms with E-state index in [4.69, 9.17) is 23.2 Å². The Bertz CT molecular complexity index is 1210. The minimum absolute atomic E-state index is 0.0774. The summed E-state index contributed by atoms with van der Waals surface area (Å²) in [5.41, 5.74) is 4.60. The second-order valence-electron chi connectivity index (χ2n) is 6.66. The molecule has 3 rings (SSSR count).